The van der Waals surface area contributed by atoms with Crippen LogP contribution in [0, 0.1) is 0 Å². The highest BCUT2D eigenvalue weighted by molar-refractivity contribution is 6.34. The van der Waals surface area contributed by atoms with Crippen LogP contribution in [0.1, 0.15) is 18.4 Å². The summed E-state index contributed by atoms with van der Waals surface area (Å²) < 4.78 is 1.33. The summed E-state index contributed by atoms with van der Waals surface area (Å²) in [5, 5.41) is 25.4. The molecule has 0 amide bonds. The Balaban J connectivity index is 1.65. The number of hydrogen-bond donors (Lipinski definition) is 3. The van der Waals surface area contributed by atoms with Gasteiger partial charge in [0.25, 0.3) is 5.56 Å². The molecule has 1 aliphatic rings. The van der Waals surface area contributed by atoms with Gasteiger partial charge in [-0.2, -0.15) is 5.10 Å². The molecule has 4 aromatic rings. The second kappa shape index (κ2) is 6.47. The Morgan fingerprint density at radius 2 is 1.97 bits per heavy atom. The SMILES string of the molecule is O=c1[nH]c2cc(Cl)c(-c3ccc(C4(CO)CC4)cc3)cc2c(O)c1-n1cccn1. The van der Waals surface area contributed by atoms with Crippen LogP contribution < -0.4 is 5.56 Å². The second-order valence-corrected chi connectivity index (χ2v) is 7.90. The molecule has 29 heavy (non-hydrogen) atoms. The van der Waals surface area contributed by atoms with Gasteiger partial charge < -0.3 is 15.2 Å². The summed E-state index contributed by atoms with van der Waals surface area (Å²) in [4.78, 5) is 15.2. The van der Waals surface area contributed by atoms with Gasteiger partial charge in [-0.1, -0.05) is 35.9 Å². The van der Waals surface area contributed by atoms with E-state index in [0.29, 0.717) is 15.9 Å². The van der Waals surface area contributed by atoms with Crippen molar-refractivity contribution in [2.24, 2.45) is 0 Å². The molecule has 2 aromatic heterocycles. The van der Waals surface area contributed by atoms with E-state index in [-0.39, 0.29) is 23.5 Å². The number of hydrogen-bond acceptors (Lipinski definition) is 4. The van der Waals surface area contributed by atoms with E-state index in [4.69, 9.17) is 11.6 Å². The average Bonchev–Trinajstić information content (AvgIpc) is 3.35. The van der Waals surface area contributed by atoms with Crippen molar-refractivity contribution < 1.29 is 10.2 Å². The molecule has 2 heterocycles. The van der Waals surface area contributed by atoms with Crippen molar-refractivity contribution in [3.63, 3.8) is 0 Å². The first kappa shape index (κ1) is 18.0. The van der Waals surface area contributed by atoms with Crippen molar-refractivity contribution in [1.82, 2.24) is 14.8 Å². The fraction of sp³-hybridized carbons (Fsp3) is 0.182. The zero-order valence-electron chi connectivity index (χ0n) is 15.4. The summed E-state index contributed by atoms with van der Waals surface area (Å²) in [5.41, 5.74) is 2.71. The number of halogens is 1. The molecule has 0 saturated heterocycles. The summed E-state index contributed by atoms with van der Waals surface area (Å²) in [6.45, 7) is 0.153. The summed E-state index contributed by atoms with van der Waals surface area (Å²) >= 11 is 6.49. The molecule has 0 unspecified atom stereocenters. The first-order valence-electron chi connectivity index (χ1n) is 9.33. The van der Waals surface area contributed by atoms with Crippen LogP contribution >= 0.6 is 11.6 Å². The molecule has 7 heteroatoms. The van der Waals surface area contributed by atoms with Crippen LogP contribution in [0.2, 0.25) is 5.02 Å². The van der Waals surface area contributed by atoms with E-state index < -0.39 is 5.56 Å². The minimum absolute atomic E-state index is 0.0599. The standard InChI is InChI=1S/C22H18ClN3O3/c23-17-11-18-16(20(28)19(21(29)25-18)26-9-1-8-24-26)10-15(17)13-2-4-14(5-3-13)22(12-27)6-7-22/h1-5,8-11,27H,6-7,12H2,(H2,25,28,29). The predicted octanol–water partition coefficient (Wildman–Crippen LogP) is 3.76. The van der Waals surface area contributed by atoms with E-state index in [0.717, 1.165) is 29.5 Å². The van der Waals surface area contributed by atoms with Gasteiger partial charge in [-0.3, -0.25) is 4.79 Å². The molecule has 146 valence electrons. The summed E-state index contributed by atoms with van der Waals surface area (Å²) in [5.74, 6) is -0.154. The Labute approximate surface area is 171 Å². The maximum absolute atomic E-state index is 12.4. The topological polar surface area (TPSA) is 91.1 Å². The third-order valence-corrected chi connectivity index (χ3v) is 6.06. The number of H-pyrrole nitrogens is 1. The summed E-state index contributed by atoms with van der Waals surface area (Å²) in [6.07, 6.45) is 5.13. The molecule has 1 saturated carbocycles. The smallest absolute Gasteiger partial charge is 0.278 e. The Bertz CT molecular complexity index is 1270. The van der Waals surface area contributed by atoms with E-state index in [1.54, 1.807) is 24.4 Å². The van der Waals surface area contributed by atoms with Gasteiger partial charge in [0.1, 0.15) is 0 Å². The fourth-order valence-electron chi connectivity index (χ4n) is 3.82. The Morgan fingerprint density at radius 3 is 2.59 bits per heavy atom. The van der Waals surface area contributed by atoms with Crippen LogP contribution in [0.4, 0.5) is 0 Å². The van der Waals surface area contributed by atoms with Crippen molar-refractivity contribution >= 4 is 22.5 Å². The van der Waals surface area contributed by atoms with Crippen molar-refractivity contribution in [1.29, 1.82) is 0 Å². The number of aliphatic hydroxyl groups excluding tert-OH is 1. The number of nitrogens with zero attached hydrogens (tertiary/aromatic N) is 2. The maximum atomic E-state index is 12.4. The van der Waals surface area contributed by atoms with Gasteiger partial charge in [0.15, 0.2) is 11.4 Å². The minimum atomic E-state index is -0.453. The first-order chi connectivity index (χ1) is 14.0. The number of benzene rings is 2. The van der Waals surface area contributed by atoms with Crippen LogP contribution in [0.3, 0.4) is 0 Å². The number of nitrogens with one attached hydrogen (secondary N) is 1. The fourth-order valence-corrected chi connectivity index (χ4v) is 4.09. The molecule has 0 aliphatic heterocycles. The third kappa shape index (κ3) is 2.84. The van der Waals surface area contributed by atoms with E-state index in [1.165, 1.54) is 10.9 Å². The number of fused-ring (bicyclic) bond motifs is 1. The largest absolute Gasteiger partial charge is 0.505 e. The summed E-state index contributed by atoms with van der Waals surface area (Å²) in [7, 11) is 0. The zero-order chi connectivity index (χ0) is 20.2. The third-order valence-electron chi connectivity index (χ3n) is 5.75. The van der Waals surface area contributed by atoms with Crippen LogP contribution in [-0.2, 0) is 5.41 Å². The van der Waals surface area contributed by atoms with Crippen LogP contribution in [0.5, 0.6) is 5.75 Å². The zero-order valence-corrected chi connectivity index (χ0v) is 16.1. The van der Waals surface area contributed by atoms with E-state index in [2.05, 4.69) is 10.1 Å². The molecule has 5 rings (SSSR count). The van der Waals surface area contributed by atoms with Gasteiger partial charge in [-0.25, -0.2) is 4.68 Å². The van der Waals surface area contributed by atoms with Crippen molar-refractivity contribution in [2.75, 3.05) is 6.61 Å². The molecular weight excluding hydrogens is 390 g/mol. The molecule has 2 aromatic carbocycles. The van der Waals surface area contributed by atoms with Gasteiger partial charge in [0.2, 0.25) is 0 Å². The van der Waals surface area contributed by atoms with Crippen molar-refractivity contribution in [3.05, 3.63) is 75.8 Å². The lowest BCUT2D eigenvalue weighted by molar-refractivity contribution is 0.255. The Hall–Kier alpha value is -3.09. The number of rotatable bonds is 4. The van der Waals surface area contributed by atoms with Crippen LogP contribution in [0.25, 0.3) is 27.7 Å². The number of aliphatic hydroxyl groups is 1. The highest BCUT2D eigenvalue weighted by atomic mass is 35.5. The predicted molar refractivity (Wildman–Crippen MR) is 112 cm³/mol. The molecule has 3 N–H and O–H groups in total. The Morgan fingerprint density at radius 1 is 1.21 bits per heavy atom. The van der Waals surface area contributed by atoms with Gasteiger partial charge in [0, 0.05) is 28.8 Å². The van der Waals surface area contributed by atoms with Crippen LogP contribution in [-0.4, -0.2) is 31.6 Å². The molecular formula is C22H18ClN3O3. The second-order valence-electron chi connectivity index (χ2n) is 7.50. The molecule has 0 atom stereocenters. The number of pyridine rings is 1. The number of aromatic hydroxyl groups is 1. The van der Waals surface area contributed by atoms with Gasteiger partial charge in [-0.15, -0.1) is 0 Å². The first-order valence-corrected chi connectivity index (χ1v) is 9.70. The Kier molecular flexibility index (Phi) is 4.01. The van der Waals surface area contributed by atoms with Crippen LogP contribution in [0.15, 0.2) is 59.7 Å². The molecule has 6 nitrogen and oxygen atoms in total. The normalized spacial score (nSPS) is 15.0. The van der Waals surface area contributed by atoms with Crippen molar-refractivity contribution in [3.8, 4) is 22.6 Å². The monoisotopic (exact) mass is 407 g/mol. The maximum Gasteiger partial charge on any atom is 0.278 e. The lowest BCUT2D eigenvalue weighted by atomic mass is 9.94. The number of aromatic nitrogens is 3. The highest BCUT2D eigenvalue weighted by Gasteiger charge is 2.43. The van der Waals surface area contributed by atoms with E-state index >= 15 is 0 Å². The van der Waals surface area contributed by atoms with Gasteiger partial charge in [-0.05, 0) is 42.2 Å². The van der Waals surface area contributed by atoms with E-state index in [9.17, 15) is 15.0 Å². The lowest BCUT2D eigenvalue weighted by Crippen LogP contribution is -2.15. The van der Waals surface area contributed by atoms with Crippen molar-refractivity contribution in [2.45, 2.75) is 18.3 Å². The number of aromatic amines is 1. The lowest BCUT2D eigenvalue weighted by Gasteiger charge is -2.14. The highest BCUT2D eigenvalue weighted by Crippen LogP contribution is 2.48. The van der Waals surface area contributed by atoms with E-state index in [1.807, 2.05) is 24.3 Å². The molecule has 0 bridgehead atoms. The summed E-state index contributed by atoms with van der Waals surface area (Å²) in [6, 6.07) is 13.1. The minimum Gasteiger partial charge on any atom is -0.505 e. The molecule has 0 spiro atoms. The molecule has 1 fully saturated rings. The van der Waals surface area contributed by atoms with Gasteiger partial charge >= 0.3 is 0 Å². The van der Waals surface area contributed by atoms with Gasteiger partial charge in [0.05, 0.1) is 17.1 Å². The quantitative estimate of drug-likeness (QED) is 0.480. The molecule has 0 radical (unpaired) electrons. The average molecular weight is 408 g/mol. The molecule has 1 aliphatic carbocycles.